The van der Waals surface area contributed by atoms with E-state index in [2.05, 4.69) is 15.2 Å². The van der Waals surface area contributed by atoms with E-state index in [0.717, 1.165) is 5.69 Å². The minimum atomic E-state index is 0.461. The molecule has 0 amide bonds. The Labute approximate surface area is 75.6 Å². The van der Waals surface area contributed by atoms with Crippen molar-refractivity contribution in [1.82, 2.24) is 15.2 Å². The third-order valence-electron chi connectivity index (χ3n) is 1.58. The molecule has 0 radical (unpaired) electrons. The van der Waals surface area contributed by atoms with Gasteiger partial charge in [0.2, 0.25) is 5.88 Å². The molecule has 2 heterocycles. The predicted molar refractivity (Wildman–Crippen MR) is 47.2 cm³/mol. The Hall–Kier alpha value is -1.84. The van der Waals surface area contributed by atoms with Crippen molar-refractivity contribution in [3.8, 4) is 5.88 Å². The molecule has 13 heavy (non-hydrogen) atoms. The summed E-state index contributed by atoms with van der Waals surface area (Å²) >= 11 is 0. The lowest BCUT2D eigenvalue weighted by Crippen LogP contribution is -1.97. The number of hydrogen-bond acceptors (Lipinski definition) is 3. The van der Waals surface area contributed by atoms with Gasteiger partial charge in [0.1, 0.15) is 6.61 Å². The average molecular weight is 175 g/mol. The van der Waals surface area contributed by atoms with Crippen LogP contribution in [0.2, 0.25) is 0 Å². The van der Waals surface area contributed by atoms with Crippen LogP contribution < -0.4 is 4.74 Å². The SMILES string of the molecule is c1ccc(COc2ccn[nH]2)nc1. The lowest BCUT2D eigenvalue weighted by Gasteiger charge is -2.00. The highest BCUT2D eigenvalue weighted by molar-refractivity contribution is 5.07. The molecule has 0 spiro atoms. The number of nitrogens with zero attached hydrogens (tertiary/aromatic N) is 2. The van der Waals surface area contributed by atoms with Crippen LogP contribution in [0.15, 0.2) is 36.7 Å². The van der Waals surface area contributed by atoms with E-state index >= 15 is 0 Å². The van der Waals surface area contributed by atoms with Crippen molar-refractivity contribution in [1.29, 1.82) is 0 Å². The van der Waals surface area contributed by atoms with E-state index < -0.39 is 0 Å². The molecular formula is C9H9N3O. The molecule has 2 aromatic heterocycles. The molecule has 1 N–H and O–H groups in total. The second-order valence-electron chi connectivity index (χ2n) is 2.53. The van der Waals surface area contributed by atoms with Crippen LogP contribution in [0.4, 0.5) is 0 Å². The summed E-state index contributed by atoms with van der Waals surface area (Å²) in [6.45, 7) is 0.461. The summed E-state index contributed by atoms with van der Waals surface area (Å²) in [5.41, 5.74) is 0.900. The van der Waals surface area contributed by atoms with E-state index in [1.165, 1.54) is 0 Å². The summed E-state index contributed by atoms with van der Waals surface area (Å²) in [6.07, 6.45) is 3.39. The van der Waals surface area contributed by atoms with Gasteiger partial charge in [0, 0.05) is 12.3 Å². The first kappa shape index (κ1) is 7.79. The molecule has 4 nitrogen and oxygen atoms in total. The Bertz CT molecular complexity index is 344. The first-order chi connectivity index (χ1) is 6.45. The van der Waals surface area contributed by atoms with Crippen molar-refractivity contribution in [2.75, 3.05) is 0 Å². The predicted octanol–water partition coefficient (Wildman–Crippen LogP) is 1.38. The highest BCUT2D eigenvalue weighted by atomic mass is 16.5. The molecule has 2 aromatic rings. The van der Waals surface area contributed by atoms with Crippen LogP contribution in [-0.4, -0.2) is 15.2 Å². The van der Waals surface area contributed by atoms with Gasteiger partial charge in [-0.25, -0.2) is 5.10 Å². The van der Waals surface area contributed by atoms with Crippen molar-refractivity contribution in [2.24, 2.45) is 0 Å². The van der Waals surface area contributed by atoms with Gasteiger partial charge in [0.25, 0.3) is 0 Å². The Morgan fingerprint density at radius 1 is 1.23 bits per heavy atom. The number of nitrogens with one attached hydrogen (secondary N) is 1. The average Bonchev–Trinajstić information content (AvgIpc) is 2.69. The van der Waals surface area contributed by atoms with Crippen molar-refractivity contribution < 1.29 is 4.74 Å². The van der Waals surface area contributed by atoms with Crippen molar-refractivity contribution >= 4 is 0 Å². The first-order valence-electron chi connectivity index (χ1n) is 3.97. The summed E-state index contributed by atoms with van der Waals surface area (Å²) in [6, 6.07) is 7.48. The molecule has 0 saturated heterocycles. The highest BCUT2D eigenvalue weighted by Crippen LogP contribution is 2.05. The van der Waals surface area contributed by atoms with Gasteiger partial charge in [0.15, 0.2) is 0 Å². The molecule has 0 atom stereocenters. The molecule has 0 fully saturated rings. The Balaban J connectivity index is 1.94. The summed E-state index contributed by atoms with van der Waals surface area (Å²) in [5.74, 6) is 0.658. The second kappa shape index (κ2) is 3.71. The Morgan fingerprint density at radius 3 is 2.92 bits per heavy atom. The molecule has 0 aliphatic carbocycles. The zero-order chi connectivity index (χ0) is 8.93. The third-order valence-corrected chi connectivity index (χ3v) is 1.58. The summed E-state index contributed by atoms with van der Waals surface area (Å²) in [4.78, 5) is 4.12. The lowest BCUT2D eigenvalue weighted by atomic mass is 10.4. The van der Waals surface area contributed by atoms with E-state index in [-0.39, 0.29) is 0 Å². The molecule has 0 aliphatic heterocycles. The fourth-order valence-corrected chi connectivity index (χ4v) is 0.959. The van der Waals surface area contributed by atoms with Gasteiger partial charge in [-0.2, -0.15) is 5.10 Å². The molecule has 0 aliphatic rings. The first-order valence-corrected chi connectivity index (χ1v) is 3.97. The maximum Gasteiger partial charge on any atom is 0.209 e. The van der Waals surface area contributed by atoms with Crippen LogP contribution in [0, 0.1) is 0 Å². The molecule has 0 unspecified atom stereocenters. The molecule has 4 heteroatoms. The highest BCUT2D eigenvalue weighted by Gasteiger charge is 1.95. The normalized spacial score (nSPS) is 9.85. The van der Waals surface area contributed by atoms with E-state index in [1.54, 1.807) is 18.5 Å². The molecule has 0 bridgehead atoms. The minimum Gasteiger partial charge on any atom is -0.471 e. The number of H-pyrrole nitrogens is 1. The van der Waals surface area contributed by atoms with Crippen LogP contribution in [0.1, 0.15) is 5.69 Å². The van der Waals surface area contributed by atoms with Crippen LogP contribution in [0.25, 0.3) is 0 Å². The summed E-state index contributed by atoms with van der Waals surface area (Å²) in [5, 5.41) is 6.47. The van der Waals surface area contributed by atoms with Crippen LogP contribution in [0.3, 0.4) is 0 Å². The van der Waals surface area contributed by atoms with Gasteiger partial charge < -0.3 is 4.74 Å². The van der Waals surface area contributed by atoms with Crippen molar-refractivity contribution in [2.45, 2.75) is 6.61 Å². The van der Waals surface area contributed by atoms with E-state index in [4.69, 9.17) is 4.74 Å². The van der Waals surface area contributed by atoms with Gasteiger partial charge in [-0.3, -0.25) is 4.98 Å². The number of hydrogen-bond donors (Lipinski definition) is 1. The second-order valence-corrected chi connectivity index (χ2v) is 2.53. The van der Waals surface area contributed by atoms with Crippen LogP contribution in [-0.2, 0) is 6.61 Å². The zero-order valence-electron chi connectivity index (χ0n) is 6.97. The summed E-state index contributed by atoms with van der Waals surface area (Å²) < 4.78 is 5.35. The molecule has 0 saturated carbocycles. The molecule has 2 rings (SSSR count). The van der Waals surface area contributed by atoms with E-state index in [9.17, 15) is 0 Å². The van der Waals surface area contributed by atoms with Gasteiger partial charge in [-0.05, 0) is 12.1 Å². The summed E-state index contributed by atoms with van der Waals surface area (Å²) in [7, 11) is 0. The zero-order valence-corrected chi connectivity index (χ0v) is 6.97. The third kappa shape index (κ3) is 2.05. The van der Waals surface area contributed by atoms with Gasteiger partial charge in [0.05, 0.1) is 11.9 Å². The number of rotatable bonds is 3. The molecule has 0 aromatic carbocycles. The maximum absolute atomic E-state index is 5.35. The number of aromatic nitrogens is 3. The van der Waals surface area contributed by atoms with Crippen molar-refractivity contribution in [3.63, 3.8) is 0 Å². The lowest BCUT2D eigenvalue weighted by molar-refractivity contribution is 0.289. The topological polar surface area (TPSA) is 50.8 Å². The standard InChI is InChI=1S/C9H9N3O/c1-2-5-10-8(3-1)7-13-9-4-6-11-12-9/h1-6H,7H2,(H,11,12). The largest absolute Gasteiger partial charge is 0.471 e. The van der Waals surface area contributed by atoms with Crippen LogP contribution >= 0.6 is 0 Å². The fourth-order valence-electron chi connectivity index (χ4n) is 0.959. The van der Waals surface area contributed by atoms with Gasteiger partial charge >= 0.3 is 0 Å². The number of aromatic amines is 1. The number of pyridine rings is 1. The Morgan fingerprint density at radius 2 is 2.23 bits per heavy atom. The monoisotopic (exact) mass is 175 g/mol. The maximum atomic E-state index is 5.35. The molecule has 66 valence electrons. The molecular weight excluding hydrogens is 166 g/mol. The van der Waals surface area contributed by atoms with Crippen molar-refractivity contribution in [3.05, 3.63) is 42.4 Å². The van der Waals surface area contributed by atoms with Crippen LogP contribution in [0.5, 0.6) is 5.88 Å². The Kier molecular flexibility index (Phi) is 2.22. The quantitative estimate of drug-likeness (QED) is 0.766. The van der Waals surface area contributed by atoms with E-state index in [1.807, 2.05) is 18.2 Å². The number of ether oxygens (including phenoxy) is 1. The van der Waals surface area contributed by atoms with Gasteiger partial charge in [-0.1, -0.05) is 6.07 Å². The smallest absolute Gasteiger partial charge is 0.209 e. The van der Waals surface area contributed by atoms with Gasteiger partial charge in [-0.15, -0.1) is 0 Å². The van der Waals surface area contributed by atoms with E-state index in [0.29, 0.717) is 12.5 Å². The minimum absolute atomic E-state index is 0.461. The fraction of sp³-hybridized carbons (Fsp3) is 0.111.